The fourth-order valence-corrected chi connectivity index (χ4v) is 2.69. The monoisotopic (exact) mass is 292 g/mol. The molecule has 0 unspecified atom stereocenters. The molecular weight excluding hydrogens is 272 g/mol. The first kappa shape index (κ1) is 15.3. The number of benzene rings is 1. The number of phenols is 1. The van der Waals surface area contributed by atoms with Gasteiger partial charge in [-0.05, 0) is 50.3 Å². The first-order valence-corrected chi connectivity index (χ1v) is 7.08. The number of rotatable bonds is 4. The molecule has 6 heteroatoms. The molecule has 0 spiro atoms. The van der Waals surface area contributed by atoms with Crippen LogP contribution >= 0.6 is 0 Å². The number of hydrogen-bond acceptors (Lipinski definition) is 4. The summed E-state index contributed by atoms with van der Waals surface area (Å²) in [6.45, 7) is 0.666. The summed E-state index contributed by atoms with van der Waals surface area (Å²) in [6, 6.07) is 4.01. The number of nitrogens with one attached hydrogen (secondary N) is 1. The number of hydrogen-bond donors (Lipinski definition) is 4. The molecule has 5 N–H and O–H groups in total. The van der Waals surface area contributed by atoms with Crippen LogP contribution in [0.4, 0.5) is 5.69 Å². The lowest BCUT2D eigenvalue weighted by atomic mass is 9.81. The van der Waals surface area contributed by atoms with Crippen LogP contribution in [-0.2, 0) is 4.79 Å². The highest BCUT2D eigenvalue weighted by atomic mass is 16.4. The smallest absolute Gasteiger partial charge is 0.339 e. The molecule has 2 rings (SSSR count). The number of carbonyl (C=O) groups is 2. The van der Waals surface area contributed by atoms with E-state index in [-0.39, 0.29) is 23.1 Å². The highest BCUT2D eigenvalue weighted by Crippen LogP contribution is 2.29. The van der Waals surface area contributed by atoms with Gasteiger partial charge in [-0.2, -0.15) is 0 Å². The predicted octanol–water partition coefficient (Wildman–Crippen LogP) is 1.79. The SMILES string of the molecule is NCC1CCC(C(=O)Nc2ccc(C(=O)O)c(O)c2)CC1. The van der Waals surface area contributed by atoms with Crippen molar-refractivity contribution < 1.29 is 19.8 Å². The van der Waals surface area contributed by atoms with Gasteiger partial charge in [-0.25, -0.2) is 4.79 Å². The third kappa shape index (κ3) is 3.72. The zero-order valence-electron chi connectivity index (χ0n) is 11.7. The van der Waals surface area contributed by atoms with Gasteiger partial charge in [0.15, 0.2) is 0 Å². The van der Waals surface area contributed by atoms with Crippen molar-refractivity contribution in [3.05, 3.63) is 23.8 Å². The zero-order chi connectivity index (χ0) is 15.4. The number of amides is 1. The fourth-order valence-electron chi connectivity index (χ4n) is 2.69. The van der Waals surface area contributed by atoms with Crippen LogP contribution in [-0.4, -0.2) is 28.6 Å². The second-order valence-electron chi connectivity index (χ2n) is 5.48. The van der Waals surface area contributed by atoms with Crippen molar-refractivity contribution in [3.8, 4) is 5.75 Å². The molecule has 0 aromatic heterocycles. The van der Waals surface area contributed by atoms with Gasteiger partial charge >= 0.3 is 5.97 Å². The molecule has 0 atom stereocenters. The van der Waals surface area contributed by atoms with E-state index in [9.17, 15) is 14.7 Å². The lowest BCUT2D eigenvalue weighted by Gasteiger charge is -2.26. The van der Waals surface area contributed by atoms with E-state index in [1.807, 2.05) is 0 Å². The topological polar surface area (TPSA) is 113 Å². The summed E-state index contributed by atoms with van der Waals surface area (Å²) in [4.78, 5) is 23.0. The Labute approximate surface area is 123 Å². The molecule has 1 aromatic rings. The molecular formula is C15H20N2O4. The summed E-state index contributed by atoms with van der Waals surface area (Å²) in [5.41, 5.74) is 5.85. The van der Waals surface area contributed by atoms with Crippen molar-refractivity contribution in [1.82, 2.24) is 0 Å². The van der Waals surface area contributed by atoms with Crippen LogP contribution in [0.15, 0.2) is 18.2 Å². The Bertz CT molecular complexity index is 536. The molecule has 0 bridgehead atoms. The van der Waals surface area contributed by atoms with E-state index < -0.39 is 5.97 Å². The number of nitrogens with two attached hydrogens (primary N) is 1. The number of aromatic carboxylic acids is 1. The first-order chi connectivity index (χ1) is 10.0. The van der Waals surface area contributed by atoms with Crippen molar-refractivity contribution in [3.63, 3.8) is 0 Å². The molecule has 0 saturated heterocycles. The van der Waals surface area contributed by atoms with Crippen LogP contribution in [0.5, 0.6) is 5.75 Å². The van der Waals surface area contributed by atoms with Crippen LogP contribution in [0.1, 0.15) is 36.0 Å². The fraction of sp³-hybridized carbons (Fsp3) is 0.467. The normalized spacial score (nSPS) is 21.8. The van der Waals surface area contributed by atoms with Crippen LogP contribution in [0, 0.1) is 11.8 Å². The zero-order valence-corrected chi connectivity index (χ0v) is 11.7. The lowest BCUT2D eigenvalue weighted by Crippen LogP contribution is -2.29. The molecule has 1 aromatic carbocycles. The molecule has 1 fully saturated rings. The van der Waals surface area contributed by atoms with Gasteiger partial charge in [0.05, 0.1) is 0 Å². The van der Waals surface area contributed by atoms with Gasteiger partial charge in [-0.3, -0.25) is 4.79 Å². The number of anilines is 1. The Morgan fingerprint density at radius 3 is 2.43 bits per heavy atom. The first-order valence-electron chi connectivity index (χ1n) is 7.08. The van der Waals surface area contributed by atoms with Crippen molar-refractivity contribution in [2.75, 3.05) is 11.9 Å². The molecule has 1 saturated carbocycles. The Kier molecular flexibility index (Phi) is 4.80. The molecule has 1 aliphatic carbocycles. The Morgan fingerprint density at radius 1 is 1.24 bits per heavy atom. The van der Waals surface area contributed by atoms with Crippen LogP contribution in [0.25, 0.3) is 0 Å². The standard InChI is InChI=1S/C15H20N2O4/c16-8-9-1-3-10(4-2-9)14(19)17-11-5-6-12(15(20)21)13(18)7-11/h5-7,9-10,18H,1-4,8,16H2,(H,17,19)(H,20,21). The highest BCUT2D eigenvalue weighted by Gasteiger charge is 2.25. The summed E-state index contributed by atoms with van der Waals surface area (Å²) < 4.78 is 0. The van der Waals surface area contributed by atoms with E-state index in [4.69, 9.17) is 10.8 Å². The van der Waals surface area contributed by atoms with E-state index >= 15 is 0 Å². The second kappa shape index (κ2) is 6.58. The number of carbonyl (C=O) groups excluding carboxylic acids is 1. The Morgan fingerprint density at radius 2 is 1.90 bits per heavy atom. The Hall–Kier alpha value is -2.08. The van der Waals surface area contributed by atoms with Gasteiger partial charge < -0.3 is 21.3 Å². The average molecular weight is 292 g/mol. The van der Waals surface area contributed by atoms with Crippen molar-refractivity contribution >= 4 is 17.6 Å². The number of carboxylic acid groups (broad SMARTS) is 1. The summed E-state index contributed by atoms with van der Waals surface area (Å²) in [5, 5.41) is 21.2. The third-order valence-electron chi connectivity index (χ3n) is 4.05. The molecule has 114 valence electrons. The van der Waals surface area contributed by atoms with E-state index in [2.05, 4.69) is 5.32 Å². The minimum absolute atomic E-state index is 0.0471. The molecule has 0 heterocycles. The van der Waals surface area contributed by atoms with Gasteiger partial charge in [-0.15, -0.1) is 0 Å². The lowest BCUT2D eigenvalue weighted by molar-refractivity contribution is -0.121. The highest BCUT2D eigenvalue weighted by molar-refractivity contribution is 5.95. The summed E-state index contributed by atoms with van der Waals surface area (Å²) in [7, 11) is 0. The van der Waals surface area contributed by atoms with Crippen LogP contribution < -0.4 is 11.1 Å². The molecule has 1 aliphatic rings. The van der Waals surface area contributed by atoms with E-state index in [1.54, 1.807) is 0 Å². The minimum atomic E-state index is -1.20. The van der Waals surface area contributed by atoms with Gasteiger partial charge in [0.25, 0.3) is 0 Å². The third-order valence-corrected chi connectivity index (χ3v) is 4.05. The van der Waals surface area contributed by atoms with E-state index in [1.165, 1.54) is 18.2 Å². The molecule has 0 radical (unpaired) electrons. The summed E-state index contributed by atoms with van der Waals surface area (Å²) in [6.07, 6.45) is 3.54. The van der Waals surface area contributed by atoms with E-state index in [0.29, 0.717) is 18.2 Å². The van der Waals surface area contributed by atoms with Gasteiger partial charge in [0.1, 0.15) is 11.3 Å². The van der Waals surface area contributed by atoms with E-state index in [0.717, 1.165) is 25.7 Å². The van der Waals surface area contributed by atoms with Gasteiger partial charge in [0, 0.05) is 17.7 Å². The number of aromatic hydroxyl groups is 1. The second-order valence-corrected chi connectivity index (χ2v) is 5.48. The van der Waals surface area contributed by atoms with Crippen molar-refractivity contribution in [2.24, 2.45) is 17.6 Å². The van der Waals surface area contributed by atoms with Gasteiger partial charge in [0.2, 0.25) is 5.91 Å². The largest absolute Gasteiger partial charge is 0.507 e. The molecule has 21 heavy (non-hydrogen) atoms. The molecule has 0 aliphatic heterocycles. The van der Waals surface area contributed by atoms with Crippen LogP contribution in [0.2, 0.25) is 0 Å². The number of carboxylic acids is 1. The summed E-state index contributed by atoms with van der Waals surface area (Å²) >= 11 is 0. The van der Waals surface area contributed by atoms with Crippen molar-refractivity contribution in [1.29, 1.82) is 0 Å². The van der Waals surface area contributed by atoms with Crippen molar-refractivity contribution in [2.45, 2.75) is 25.7 Å². The molecule has 1 amide bonds. The van der Waals surface area contributed by atoms with Gasteiger partial charge in [-0.1, -0.05) is 0 Å². The maximum absolute atomic E-state index is 12.2. The van der Waals surface area contributed by atoms with Crippen LogP contribution in [0.3, 0.4) is 0 Å². The maximum Gasteiger partial charge on any atom is 0.339 e. The molecule has 6 nitrogen and oxygen atoms in total. The quantitative estimate of drug-likeness (QED) is 0.676. The average Bonchev–Trinajstić information content (AvgIpc) is 2.47. The summed E-state index contributed by atoms with van der Waals surface area (Å²) in [5.74, 6) is -1.19. The minimum Gasteiger partial charge on any atom is -0.507 e. The maximum atomic E-state index is 12.2. The predicted molar refractivity (Wildman–Crippen MR) is 78.2 cm³/mol. The Balaban J connectivity index is 1.97.